The molecule has 0 radical (unpaired) electrons. The molecule has 0 amide bonds. The molecule has 0 aliphatic rings. The fraction of sp³-hybridized carbons (Fsp3) is 0.273. The van der Waals surface area contributed by atoms with Crippen molar-refractivity contribution in [2.24, 2.45) is 0 Å². The molecule has 4 aromatic rings. The molecule has 0 unspecified atom stereocenters. The molecule has 228 valence electrons. The van der Waals surface area contributed by atoms with Gasteiger partial charge in [0.1, 0.15) is 36.2 Å². The van der Waals surface area contributed by atoms with Crippen LogP contribution in [0.4, 0.5) is 0 Å². The van der Waals surface area contributed by atoms with Gasteiger partial charge in [-0.25, -0.2) is 0 Å². The summed E-state index contributed by atoms with van der Waals surface area (Å²) >= 11 is 9.21. The largest absolute Gasteiger partial charge is 0.489 e. The Balaban J connectivity index is 1.28. The smallest absolute Gasteiger partial charge is 0.189 e. The monoisotopic (exact) mass is 1030 g/mol. The maximum atomic E-state index is 6.12. The Morgan fingerprint density at radius 2 is 1.00 bits per heavy atom. The van der Waals surface area contributed by atoms with E-state index in [9.17, 15) is 0 Å². The Bertz CT molecular complexity index is 1460. The minimum Gasteiger partial charge on any atom is -0.489 e. The second kappa shape index (κ2) is 18.2. The molecule has 0 fully saturated rings. The molecule has 0 bridgehead atoms. The first-order valence-electron chi connectivity index (χ1n) is 13.6. The summed E-state index contributed by atoms with van der Waals surface area (Å²) in [5.41, 5.74) is 4.51. The van der Waals surface area contributed by atoms with Crippen LogP contribution in [0.15, 0.2) is 72.8 Å². The summed E-state index contributed by atoms with van der Waals surface area (Å²) in [6, 6.07) is 25.0. The van der Waals surface area contributed by atoms with Crippen molar-refractivity contribution in [3.8, 4) is 23.0 Å². The van der Waals surface area contributed by atoms with Crippen molar-refractivity contribution in [2.75, 3.05) is 27.3 Å². The van der Waals surface area contributed by atoms with Crippen LogP contribution in [0.3, 0.4) is 0 Å². The van der Waals surface area contributed by atoms with Gasteiger partial charge in [-0.2, -0.15) is 0 Å². The maximum absolute atomic E-state index is 6.12. The van der Waals surface area contributed by atoms with Crippen LogP contribution in [0.2, 0.25) is 0 Å². The van der Waals surface area contributed by atoms with Gasteiger partial charge in [0.05, 0.1) is 7.14 Å². The van der Waals surface area contributed by atoms with E-state index in [2.05, 4.69) is 139 Å². The molecule has 0 aromatic heterocycles. The summed E-state index contributed by atoms with van der Waals surface area (Å²) in [5.74, 6) is 3.27. The molecule has 0 spiro atoms. The van der Waals surface area contributed by atoms with Crippen molar-refractivity contribution in [3.05, 3.63) is 109 Å². The van der Waals surface area contributed by atoms with E-state index in [1.165, 1.54) is 11.1 Å². The molecule has 6 nitrogen and oxygen atoms in total. The average molecular weight is 1030 g/mol. The molecule has 43 heavy (non-hydrogen) atoms. The SMILES string of the molecule is CCOCOc1c(I)cc(I)cc1COc1ccc(CCc2ccc(OCc3cc(I)cc(I)c3OCOC)cc2)cc1. The number of ether oxygens (including phenoxy) is 6. The first-order valence-corrected chi connectivity index (χ1v) is 17.9. The quantitative estimate of drug-likeness (QED) is 0.0634. The van der Waals surface area contributed by atoms with Gasteiger partial charge < -0.3 is 28.4 Å². The lowest BCUT2D eigenvalue weighted by Crippen LogP contribution is -2.07. The van der Waals surface area contributed by atoms with Crippen LogP contribution < -0.4 is 18.9 Å². The topological polar surface area (TPSA) is 55.4 Å². The van der Waals surface area contributed by atoms with Crippen molar-refractivity contribution >= 4 is 90.4 Å². The van der Waals surface area contributed by atoms with E-state index in [4.69, 9.17) is 28.4 Å². The third-order valence-corrected chi connectivity index (χ3v) is 9.17. The number of halogens is 4. The number of hydrogen-bond donors (Lipinski definition) is 0. The minimum atomic E-state index is 0.201. The summed E-state index contributed by atoms with van der Waals surface area (Å²) in [4.78, 5) is 0. The number of rotatable bonds is 16. The van der Waals surface area contributed by atoms with E-state index in [1.807, 2.05) is 31.2 Å². The van der Waals surface area contributed by atoms with Crippen LogP contribution in [-0.4, -0.2) is 27.3 Å². The summed E-state index contributed by atoms with van der Waals surface area (Å²) in [6.45, 7) is 3.83. The second-order valence-electron chi connectivity index (χ2n) is 9.42. The Kier molecular flexibility index (Phi) is 14.7. The minimum absolute atomic E-state index is 0.201. The Labute approximate surface area is 308 Å². The third-order valence-electron chi connectivity index (χ3n) is 6.32. The Hall–Kier alpha value is -1.08. The molecular formula is C33H32I4O6. The number of hydrogen-bond acceptors (Lipinski definition) is 6. The van der Waals surface area contributed by atoms with Gasteiger partial charge in [-0.3, -0.25) is 0 Å². The highest BCUT2D eigenvalue weighted by Gasteiger charge is 2.13. The standard InChI is InChI=1S/C33H32I4O6/c1-3-39-21-43-33-25(15-27(35)17-31(33)37)19-41-29-12-8-23(9-13-29)5-4-22-6-10-28(11-7-22)40-18-24-14-26(34)16-30(36)32(24)42-20-38-2/h6-17H,3-5,18-21H2,1-2H3. The Morgan fingerprint density at radius 3 is 1.42 bits per heavy atom. The zero-order valence-electron chi connectivity index (χ0n) is 23.8. The molecule has 0 saturated carbocycles. The number of methoxy groups -OCH3 is 1. The van der Waals surface area contributed by atoms with Crippen LogP contribution >= 0.6 is 90.4 Å². The van der Waals surface area contributed by atoms with Crippen LogP contribution in [0.25, 0.3) is 0 Å². The molecular weight excluding hydrogens is 1000 g/mol. The lowest BCUT2D eigenvalue weighted by atomic mass is 10.0. The van der Waals surface area contributed by atoms with Crippen molar-refractivity contribution < 1.29 is 28.4 Å². The van der Waals surface area contributed by atoms with E-state index in [-0.39, 0.29) is 13.6 Å². The molecule has 4 aromatic carbocycles. The van der Waals surface area contributed by atoms with Crippen molar-refractivity contribution in [3.63, 3.8) is 0 Å². The predicted octanol–water partition coefficient (Wildman–Crippen LogP) is 9.40. The highest BCUT2D eigenvalue weighted by molar-refractivity contribution is 14.1. The average Bonchev–Trinajstić information content (AvgIpc) is 2.99. The first-order chi connectivity index (χ1) is 20.9. The van der Waals surface area contributed by atoms with Crippen LogP contribution in [0, 0.1) is 14.3 Å². The van der Waals surface area contributed by atoms with Crippen LogP contribution in [0.5, 0.6) is 23.0 Å². The zero-order valence-corrected chi connectivity index (χ0v) is 32.5. The summed E-state index contributed by atoms with van der Waals surface area (Å²) < 4.78 is 38.7. The highest BCUT2D eigenvalue weighted by atomic mass is 127. The molecule has 4 rings (SSSR count). The van der Waals surface area contributed by atoms with Crippen LogP contribution in [-0.2, 0) is 35.5 Å². The van der Waals surface area contributed by atoms with E-state index in [0.717, 1.165) is 61.2 Å². The number of aryl methyl sites for hydroxylation is 2. The Morgan fingerprint density at radius 1 is 0.558 bits per heavy atom. The second-order valence-corrected chi connectivity index (χ2v) is 14.2. The number of benzene rings is 4. The van der Waals surface area contributed by atoms with E-state index >= 15 is 0 Å². The van der Waals surface area contributed by atoms with E-state index in [0.29, 0.717) is 19.8 Å². The van der Waals surface area contributed by atoms with Gasteiger partial charge in [0.25, 0.3) is 0 Å². The molecule has 0 aliphatic heterocycles. The van der Waals surface area contributed by atoms with Gasteiger partial charge in [0, 0.05) is 32.0 Å². The fourth-order valence-corrected chi connectivity index (χ4v) is 8.42. The van der Waals surface area contributed by atoms with Gasteiger partial charge >= 0.3 is 0 Å². The lowest BCUT2D eigenvalue weighted by Gasteiger charge is -2.15. The lowest BCUT2D eigenvalue weighted by molar-refractivity contribution is 0.0208. The highest BCUT2D eigenvalue weighted by Crippen LogP contribution is 2.31. The fourth-order valence-electron chi connectivity index (χ4n) is 4.18. The van der Waals surface area contributed by atoms with Gasteiger partial charge in [-0.05, 0) is 170 Å². The van der Waals surface area contributed by atoms with Crippen molar-refractivity contribution in [1.29, 1.82) is 0 Å². The predicted molar refractivity (Wildman–Crippen MR) is 202 cm³/mol. The molecule has 0 saturated heterocycles. The molecule has 0 N–H and O–H groups in total. The van der Waals surface area contributed by atoms with Crippen molar-refractivity contribution in [2.45, 2.75) is 33.0 Å². The van der Waals surface area contributed by atoms with E-state index < -0.39 is 0 Å². The van der Waals surface area contributed by atoms with Gasteiger partial charge in [0.2, 0.25) is 0 Å². The van der Waals surface area contributed by atoms with Gasteiger partial charge in [-0.15, -0.1) is 0 Å². The first kappa shape index (κ1) is 34.8. The summed E-state index contributed by atoms with van der Waals surface area (Å²) in [7, 11) is 1.62. The third kappa shape index (κ3) is 11.0. The summed E-state index contributed by atoms with van der Waals surface area (Å²) in [5, 5.41) is 0. The molecule has 0 heterocycles. The van der Waals surface area contributed by atoms with Gasteiger partial charge in [-0.1, -0.05) is 24.3 Å². The zero-order chi connectivity index (χ0) is 30.6. The molecule has 10 heteroatoms. The van der Waals surface area contributed by atoms with Crippen LogP contribution in [0.1, 0.15) is 29.2 Å². The summed E-state index contributed by atoms with van der Waals surface area (Å²) in [6.07, 6.45) is 1.87. The van der Waals surface area contributed by atoms with Crippen molar-refractivity contribution in [1.82, 2.24) is 0 Å². The van der Waals surface area contributed by atoms with Gasteiger partial charge in [0.15, 0.2) is 13.6 Å². The maximum Gasteiger partial charge on any atom is 0.189 e. The normalized spacial score (nSPS) is 10.9. The molecule has 0 aliphatic carbocycles. The molecule has 0 atom stereocenters. The van der Waals surface area contributed by atoms with E-state index in [1.54, 1.807) is 7.11 Å².